The number of fused-ring (bicyclic) bond motifs is 5. The van der Waals surface area contributed by atoms with Crippen molar-refractivity contribution in [2.24, 2.45) is 23.2 Å². The number of rotatable bonds is 22. The molecule has 322 valence electrons. The van der Waals surface area contributed by atoms with E-state index in [0.29, 0.717) is 17.3 Å². The van der Waals surface area contributed by atoms with Crippen LogP contribution in [-0.2, 0) is 18.3 Å². The minimum Gasteiger partial charge on any atom is -0.316 e. The third kappa shape index (κ3) is 10.00. The number of nitrogens with zero attached hydrogens (tertiary/aromatic N) is 1. The molecule has 0 radical (unpaired) electrons. The lowest BCUT2D eigenvalue weighted by atomic mass is 9.68. The predicted octanol–water partition coefficient (Wildman–Crippen LogP) is 17.1. The third-order valence-corrected chi connectivity index (χ3v) is 21.6. The summed E-state index contributed by atoms with van der Waals surface area (Å²) in [5, 5.41) is 0. The second-order valence-electron chi connectivity index (χ2n) is 22.9. The van der Waals surface area contributed by atoms with E-state index in [2.05, 4.69) is 97.3 Å². The van der Waals surface area contributed by atoms with Gasteiger partial charge in [-0.15, -0.1) is 0 Å². The van der Waals surface area contributed by atoms with Crippen molar-refractivity contribution < 1.29 is 0 Å². The van der Waals surface area contributed by atoms with Gasteiger partial charge in [0, 0.05) is 17.0 Å². The first kappa shape index (κ1) is 45.4. The summed E-state index contributed by atoms with van der Waals surface area (Å²) in [6.07, 6.45) is 43.7. The second kappa shape index (κ2) is 19.7. The summed E-state index contributed by atoms with van der Waals surface area (Å²) in [6.45, 7) is 25.8. The van der Waals surface area contributed by atoms with Gasteiger partial charge in [0.1, 0.15) is 8.24 Å². The molecule has 2 saturated carbocycles. The molecule has 0 bridgehead atoms. The number of unbranched alkanes of at least 4 members (excludes halogenated alkanes) is 13. The van der Waals surface area contributed by atoms with E-state index in [9.17, 15) is 0 Å². The van der Waals surface area contributed by atoms with Crippen molar-refractivity contribution in [2.75, 3.05) is 0 Å². The Morgan fingerprint density at radius 1 is 0.684 bits per heavy atom. The molecule has 5 aliphatic rings. The SMILES string of the molecule is CCCCCCCCCCCCCCC1(C)Cc2cc3c(cc2C1)C(CCCC)(CCCC)C1=CC2C(C=C13)CC(C)C2[Si](C)(C)N(C1CCCCC1)C(C)(C)C. The Morgan fingerprint density at radius 3 is 1.79 bits per heavy atom. The lowest BCUT2D eigenvalue weighted by Gasteiger charge is -2.56. The lowest BCUT2D eigenvalue weighted by Crippen LogP contribution is -2.65. The molecule has 2 heteroatoms. The van der Waals surface area contributed by atoms with Crippen LogP contribution in [0.25, 0.3) is 5.57 Å². The molecule has 0 amide bonds. The number of hydrogen-bond acceptors (Lipinski definition) is 1. The molecule has 0 aromatic heterocycles. The van der Waals surface area contributed by atoms with Gasteiger partial charge >= 0.3 is 0 Å². The Labute approximate surface area is 356 Å². The van der Waals surface area contributed by atoms with Gasteiger partial charge in [-0.2, -0.15) is 0 Å². The smallest absolute Gasteiger partial charge is 0.127 e. The molecule has 0 spiro atoms. The van der Waals surface area contributed by atoms with Gasteiger partial charge < -0.3 is 4.57 Å². The van der Waals surface area contributed by atoms with Gasteiger partial charge in [0.25, 0.3) is 0 Å². The van der Waals surface area contributed by atoms with Crippen LogP contribution in [0.15, 0.2) is 29.9 Å². The summed E-state index contributed by atoms with van der Waals surface area (Å²) in [5.41, 5.74) is 12.1. The van der Waals surface area contributed by atoms with Crippen molar-refractivity contribution in [2.45, 2.75) is 264 Å². The molecule has 5 aliphatic carbocycles. The van der Waals surface area contributed by atoms with E-state index in [4.69, 9.17) is 0 Å². The van der Waals surface area contributed by atoms with Crippen LogP contribution < -0.4 is 0 Å². The van der Waals surface area contributed by atoms with E-state index < -0.39 is 8.24 Å². The fourth-order valence-corrected chi connectivity index (χ4v) is 20.6. The van der Waals surface area contributed by atoms with Gasteiger partial charge in [0.2, 0.25) is 0 Å². The van der Waals surface area contributed by atoms with Gasteiger partial charge in [-0.3, -0.25) is 0 Å². The molecule has 57 heavy (non-hydrogen) atoms. The van der Waals surface area contributed by atoms with Crippen molar-refractivity contribution in [1.29, 1.82) is 0 Å². The molecule has 0 heterocycles. The molecule has 1 aromatic rings. The average Bonchev–Trinajstić information content (AvgIpc) is 3.76. The molecule has 5 atom stereocenters. The van der Waals surface area contributed by atoms with E-state index >= 15 is 0 Å². The average molecular weight is 796 g/mol. The quantitative estimate of drug-likeness (QED) is 0.0835. The Hall–Kier alpha value is -1.12. The van der Waals surface area contributed by atoms with Crippen LogP contribution in [0.2, 0.25) is 18.6 Å². The molecule has 0 aliphatic heterocycles. The standard InChI is InChI=1S/C55H93NSi/c1-11-14-17-18-19-20-21-22-23-24-25-29-32-54(8)40-44-37-49-48-36-43-35-42(4)52(57(9,10)56(53(5,6)7)46-30-27-26-28-31-46)47(43)39-51(48)55(33-15-12-2,34-16-13-3)50(49)38-45(44)41-54/h36-39,42-43,46-47,52H,11-35,40-41H2,1-10H3. The molecule has 5 unspecified atom stereocenters. The van der Waals surface area contributed by atoms with Crippen LogP contribution in [0.4, 0.5) is 0 Å². The lowest BCUT2D eigenvalue weighted by molar-refractivity contribution is 0.139. The van der Waals surface area contributed by atoms with Crippen LogP contribution in [0.1, 0.15) is 238 Å². The molecular weight excluding hydrogens is 703 g/mol. The third-order valence-electron chi connectivity index (χ3n) is 16.7. The normalized spacial score (nSPS) is 27.0. The molecule has 6 rings (SSSR count). The first-order valence-electron chi connectivity index (χ1n) is 25.7. The zero-order valence-electron chi connectivity index (χ0n) is 39.7. The Balaban J connectivity index is 1.21. The first-order valence-corrected chi connectivity index (χ1v) is 28.7. The fourth-order valence-electron chi connectivity index (χ4n) is 14.5. The van der Waals surface area contributed by atoms with Crippen molar-refractivity contribution in [3.8, 4) is 0 Å². The fraction of sp³-hybridized carbons (Fsp3) is 0.818. The van der Waals surface area contributed by atoms with E-state index in [1.54, 1.807) is 33.4 Å². The van der Waals surface area contributed by atoms with Crippen molar-refractivity contribution in [3.05, 3.63) is 52.1 Å². The zero-order valence-corrected chi connectivity index (χ0v) is 40.7. The van der Waals surface area contributed by atoms with Crippen molar-refractivity contribution in [3.63, 3.8) is 0 Å². The number of benzene rings is 1. The predicted molar refractivity (Wildman–Crippen MR) is 255 cm³/mol. The minimum absolute atomic E-state index is 0.205. The van der Waals surface area contributed by atoms with Crippen LogP contribution in [-0.4, -0.2) is 24.4 Å². The van der Waals surface area contributed by atoms with Gasteiger partial charge in [0.05, 0.1) is 0 Å². The molecule has 0 N–H and O–H groups in total. The largest absolute Gasteiger partial charge is 0.316 e. The van der Waals surface area contributed by atoms with Gasteiger partial charge in [-0.1, -0.05) is 194 Å². The van der Waals surface area contributed by atoms with E-state index in [1.165, 1.54) is 173 Å². The topological polar surface area (TPSA) is 3.24 Å². The maximum atomic E-state index is 3.20. The summed E-state index contributed by atoms with van der Waals surface area (Å²) in [6, 6.07) is 6.41. The highest BCUT2D eigenvalue weighted by Gasteiger charge is 2.57. The maximum Gasteiger partial charge on any atom is 0.127 e. The minimum atomic E-state index is -1.82. The van der Waals surface area contributed by atoms with E-state index in [1.807, 2.05) is 0 Å². The van der Waals surface area contributed by atoms with Crippen molar-refractivity contribution >= 4 is 13.8 Å². The number of allylic oxidation sites excluding steroid dienone is 4. The highest BCUT2D eigenvalue weighted by molar-refractivity contribution is 6.76. The molecule has 0 saturated heterocycles. The van der Waals surface area contributed by atoms with Crippen LogP contribution in [0.5, 0.6) is 0 Å². The summed E-state index contributed by atoms with van der Waals surface area (Å²) in [5.74, 6) is 2.20. The van der Waals surface area contributed by atoms with Crippen molar-refractivity contribution in [1.82, 2.24) is 4.57 Å². The van der Waals surface area contributed by atoms with E-state index in [0.717, 1.165) is 17.5 Å². The van der Waals surface area contributed by atoms with Crippen LogP contribution in [0, 0.1) is 23.2 Å². The monoisotopic (exact) mass is 796 g/mol. The van der Waals surface area contributed by atoms with E-state index in [-0.39, 0.29) is 11.0 Å². The van der Waals surface area contributed by atoms with Crippen LogP contribution >= 0.6 is 0 Å². The van der Waals surface area contributed by atoms with Crippen LogP contribution in [0.3, 0.4) is 0 Å². The van der Waals surface area contributed by atoms with Gasteiger partial charge in [0.15, 0.2) is 0 Å². The highest BCUT2D eigenvalue weighted by Crippen LogP contribution is 2.64. The summed E-state index contributed by atoms with van der Waals surface area (Å²) >= 11 is 0. The Kier molecular flexibility index (Phi) is 15.7. The molecule has 1 aromatic carbocycles. The molecule has 2 fully saturated rings. The Bertz CT molecular complexity index is 1490. The molecule has 1 nitrogen and oxygen atoms in total. The number of hydrogen-bond donors (Lipinski definition) is 0. The summed E-state index contributed by atoms with van der Waals surface area (Å²) < 4.78 is 3.20. The van der Waals surface area contributed by atoms with Gasteiger partial charge in [-0.25, -0.2) is 0 Å². The molecular formula is C55H93NSi. The first-order chi connectivity index (χ1) is 27.3. The van der Waals surface area contributed by atoms with Gasteiger partial charge in [-0.05, 0) is 134 Å². The highest BCUT2D eigenvalue weighted by atomic mass is 28.3. The Morgan fingerprint density at radius 2 is 1.23 bits per heavy atom. The summed E-state index contributed by atoms with van der Waals surface area (Å²) in [7, 11) is -1.82. The second-order valence-corrected chi connectivity index (χ2v) is 27.3. The summed E-state index contributed by atoms with van der Waals surface area (Å²) in [4.78, 5) is 0. The zero-order chi connectivity index (χ0) is 40.8. The maximum absolute atomic E-state index is 3.20.